The molecule has 1 aromatic carbocycles. The smallest absolute Gasteiger partial charge is 0.164 e. The summed E-state index contributed by atoms with van der Waals surface area (Å²) in [4.78, 5) is 13.1. The largest absolute Gasteiger partial charge is 0.320 e. The molecule has 0 saturated heterocycles. The molecule has 1 heterocycles. The lowest BCUT2D eigenvalue weighted by atomic mass is 9.97. The van der Waals surface area contributed by atoms with Crippen molar-refractivity contribution in [1.29, 1.82) is 0 Å². The average molecular weight is 257 g/mol. The van der Waals surface area contributed by atoms with Gasteiger partial charge in [0.05, 0.1) is 0 Å². The van der Waals surface area contributed by atoms with E-state index in [1.807, 2.05) is 12.3 Å². The van der Waals surface area contributed by atoms with E-state index in [4.69, 9.17) is 0 Å². The van der Waals surface area contributed by atoms with Gasteiger partial charge in [0.15, 0.2) is 5.78 Å². The number of carbonyl (C=O) groups is 1. The van der Waals surface area contributed by atoms with Crippen molar-refractivity contribution in [2.45, 2.75) is 24.2 Å². The Labute approximate surface area is 111 Å². The molecule has 3 heteroatoms. The van der Waals surface area contributed by atoms with Crippen LogP contribution >= 0.6 is 11.8 Å². The first kappa shape index (κ1) is 11.6. The highest BCUT2D eigenvalue weighted by atomic mass is 32.2. The molecule has 0 atom stereocenters. The monoisotopic (exact) mass is 257 g/mol. The van der Waals surface area contributed by atoms with Gasteiger partial charge in [0.2, 0.25) is 0 Å². The van der Waals surface area contributed by atoms with Crippen LogP contribution in [0.15, 0.2) is 41.4 Å². The predicted molar refractivity (Wildman–Crippen MR) is 74.8 cm³/mol. The van der Waals surface area contributed by atoms with Gasteiger partial charge in [-0.15, -0.1) is 11.8 Å². The Hall–Kier alpha value is -1.48. The number of hydrogen-bond acceptors (Lipinski definition) is 2. The molecule has 18 heavy (non-hydrogen) atoms. The number of fused-ring (bicyclic) bond motifs is 1. The highest BCUT2D eigenvalue weighted by molar-refractivity contribution is 7.98. The summed E-state index contributed by atoms with van der Waals surface area (Å²) >= 11 is 1.74. The third kappa shape index (κ3) is 1.89. The van der Waals surface area contributed by atoms with Crippen LogP contribution in [0.3, 0.4) is 0 Å². The van der Waals surface area contributed by atoms with Crippen molar-refractivity contribution in [3.8, 4) is 5.69 Å². The van der Waals surface area contributed by atoms with Crippen LogP contribution in [0.5, 0.6) is 0 Å². The standard InChI is InChI=1S/C15H15NOS/c1-18-12-5-2-4-11(10-12)16-9-8-13-14(16)6-3-7-15(13)17/h2,4-5,8-10H,3,6-7H2,1H3. The van der Waals surface area contributed by atoms with Gasteiger partial charge in [-0.05, 0) is 43.4 Å². The van der Waals surface area contributed by atoms with E-state index in [1.165, 1.54) is 10.6 Å². The molecule has 0 bridgehead atoms. The third-order valence-corrected chi connectivity index (χ3v) is 4.17. The van der Waals surface area contributed by atoms with Gasteiger partial charge in [-0.3, -0.25) is 4.79 Å². The Morgan fingerprint density at radius 3 is 2.94 bits per heavy atom. The molecule has 0 amide bonds. The lowest BCUT2D eigenvalue weighted by Gasteiger charge is -2.15. The van der Waals surface area contributed by atoms with E-state index in [0.29, 0.717) is 6.42 Å². The number of aromatic nitrogens is 1. The molecule has 2 aromatic rings. The number of Topliss-reactive ketones (excluding diaryl/α,β-unsaturated/α-hetero) is 1. The molecule has 3 rings (SSSR count). The number of nitrogens with zero attached hydrogens (tertiary/aromatic N) is 1. The number of thioether (sulfide) groups is 1. The number of rotatable bonds is 2. The highest BCUT2D eigenvalue weighted by Crippen LogP contribution is 2.26. The number of carbonyl (C=O) groups excluding carboxylic acids is 1. The van der Waals surface area contributed by atoms with Gasteiger partial charge >= 0.3 is 0 Å². The summed E-state index contributed by atoms with van der Waals surface area (Å²) in [6.45, 7) is 0. The second-order valence-corrected chi connectivity index (χ2v) is 5.40. The highest BCUT2D eigenvalue weighted by Gasteiger charge is 2.20. The van der Waals surface area contributed by atoms with Gasteiger partial charge in [0.25, 0.3) is 0 Å². The summed E-state index contributed by atoms with van der Waals surface area (Å²) < 4.78 is 2.16. The molecule has 1 aliphatic rings. The molecule has 0 aliphatic heterocycles. The van der Waals surface area contributed by atoms with Crippen LogP contribution in [-0.2, 0) is 6.42 Å². The second kappa shape index (κ2) is 4.65. The maximum Gasteiger partial charge on any atom is 0.164 e. The molecular formula is C15H15NOS. The number of ketones is 1. The first-order valence-corrected chi connectivity index (χ1v) is 7.40. The van der Waals surface area contributed by atoms with Crippen LogP contribution in [0.2, 0.25) is 0 Å². The Balaban J connectivity index is 2.09. The maximum absolute atomic E-state index is 11.8. The van der Waals surface area contributed by atoms with E-state index >= 15 is 0 Å². The Bertz CT molecular complexity index is 600. The van der Waals surface area contributed by atoms with Gasteiger partial charge in [-0.25, -0.2) is 0 Å². The summed E-state index contributed by atoms with van der Waals surface area (Å²) in [5.41, 5.74) is 3.23. The Morgan fingerprint density at radius 2 is 2.11 bits per heavy atom. The molecule has 0 spiro atoms. The normalized spacial score (nSPS) is 14.6. The number of hydrogen-bond donors (Lipinski definition) is 0. The van der Waals surface area contributed by atoms with E-state index < -0.39 is 0 Å². The molecule has 0 N–H and O–H groups in total. The maximum atomic E-state index is 11.8. The minimum atomic E-state index is 0.288. The van der Waals surface area contributed by atoms with Crippen molar-refractivity contribution in [3.63, 3.8) is 0 Å². The summed E-state index contributed by atoms with van der Waals surface area (Å²) in [5.74, 6) is 0.288. The molecule has 1 aromatic heterocycles. The molecule has 92 valence electrons. The fourth-order valence-electron chi connectivity index (χ4n) is 2.53. The van der Waals surface area contributed by atoms with Gasteiger partial charge < -0.3 is 4.57 Å². The minimum absolute atomic E-state index is 0.288. The van der Waals surface area contributed by atoms with Crippen LogP contribution < -0.4 is 0 Å². The van der Waals surface area contributed by atoms with Crippen LogP contribution in [0.1, 0.15) is 28.9 Å². The van der Waals surface area contributed by atoms with E-state index in [2.05, 4.69) is 35.1 Å². The SMILES string of the molecule is CSc1cccc(-n2ccc3c2CCCC3=O)c1. The first-order valence-electron chi connectivity index (χ1n) is 6.17. The Morgan fingerprint density at radius 1 is 1.22 bits per heavy atom. The lowest BCUT2D eigenvalue weighted by molar-refractivity contribution is 0.0972. The molecule has 0 fully saturated rings. The lowest BCUT2D eigenvalue weighted by Crippen LogP contribution is -2.12. The van der Waals surface area contributed by atoms with Gasteiger partial charge in [-0.2, -0.15) is 0 Å². The fraction of sp³-hybridized carbons (Fsp3) is 0.267. The first-order chi connectivity index (χ1) is 8.79. The van der Waals surface area contributed by atoms with Gasteiger partial charge in [0, 0.05) is 34.5 Å². The summed E-state index contributed by atoms with van der Waals surface area (Å²) in [5, 5.41) is 0. The van der Waals surface area contributed by atoms with Crippen molar-refractivity contribution in [3.05, 3.63) is 47.8 Å². The molecule has 0 unspecified atom stereocenters. The zero-order valence-electron chi connectivity index (χ0n) is 10.3. The minimum Gasteiger partial charge on any atom is -0.320 e. The van der Waals surface area contributed by atoms with Crippen LogP contribution in [0, 0.1) is 0 Å². The zero-order chi connectivity index (χ0) is 12.5. The molecule has 2 nitrogen and oxygen atoms in total. The van der Waals surface area contributed by atoms with Gasteiger partial charge in [0.1, 0.15) is 0 Å². The fourth-order valence-corrected chi connectivity index (χ4v) is 2.98. The van der Waals surface area contributed by atoms with E-state index in [0.717, 1.165) is 24.1 Å². The van der Waals surface area contributed by atoms with Crippen LogP contribution in [0.4, 0.5) is 0 Å². The van der Waals surface area contributed by atoms with Crippen molar-refractivity contribution in [1.82, 2.24) is 4.57 Å². The zero-order valence-corrected chi connectivity index (χ0v) is 11.2. The van der Waals surface area contributed by atoms with Crippen molar-refractivity contribution < 1.29 is 4.79 Å². The summed E-state index contributed by atoms with van der Waals surface area (Å²) in [7, 11) is 0. The predicted octanol–water partition coefficient (Wildman–Crippen LogP) is 3.72. The van der Waals surface area contributed by atoms with E-state index in [9.17, 15) is 4.79 Å². The van der Waals surface area contributed by atoms with Crippen LogP contribution in [-0.4, -0.2) is 16.6 Å². The van der Waals surface area contributed by atoms with E-state index in [-0.39, 0.29) is 5.78 Å². The topological polar surface area (TPSA) is 22.0 Å². The van der Waals surface area contributed by atoms with Gasteiger partial charge in [-0.1, -0.05) is 6.07 Å². The molecular weight excluding hydrogens is 242 g/mol. The second-order valence-electron chi connectivity index (χ2n) is 4.52. The summed E-state index contributed by atoms with van der Waals surface area (Å²) in [6, 6.07) is 10.4. The molecule has 0 radical (unpaired) electrons. The third-order valence-electron chi connectivity index (χ3n) is 3.44. The quantitative estimate of drug-likeness (QED) is 0.765. The van der Waals surface area contributed by atoms with Crippen molar-refractivity contribution in [2.24, 2.45) is 0 Å². The number of benzene rings is 1. The summed E-state index contributed by atoms with van der Waals surface area (Å²) in [6.07, 6.45) is 6.76. The Kier molecular flexibility index (Phi) is 3.00. The molecule has 1 aliphatic carbocycles. The molecule has 0 saturated carbocycles. The van der Waals surface area contributed by atoms with Crippen molar-refractivity contribution >= 4 is 17.5 Å². The van der Waals surface area contributed by atoms with E-state index in [1.54, 1.807) is 11.8 Å². The van der Waals surface area contributed by atoms with Crippen molar-refractivity contribution in [2.75, 3.05) is 6.26 Å². The van der Waals surface area contributed by atoms with Crippen LogP contribution in [0.25, 0.3) is 5.69 Å². The average Bonchev–Trinajstić information content (AvgIpc) is 2.84.